The van der Waals surface area contributed by atoms with E-state index in [1.807, 2.05) is 13.8 Å². The van der Waals surface area contributed by atoms with E-state index < -0.39 is 24.1 Å². The maximum atomic E-state index is 12.9. The number of alkyl halides is 3. The summed E-state index contributed by atoms with van der Waals surface area (Å²) in [4.78, 5) is 0. The van der Waals surface area contributed by atoms with E-state index in [0.717, 1.165) is 5.56 Å². The van der Waals surface area contributed by atoms with E-state index in [1.54, 1.807) is 12.1 Å². The predicted octanol–water partition coefficient (Wildman–Crippen LogP) is 4.16. The van der Waals surface area contributed by atoms with Gasteiger partial charge in [0.15, 0.2) is 0 Å². The standard InChI is InChI=1S/C14H19F4N/c1-13(2,10-5-7-11(15)8-6-10)12(19)4-3-9-14(16,17)18/h5-8,12H,3-4,9,19H2,1-2H3. The summed E-state index contributed by atoms with van der Waals surface area (Å²) in [5.74, 6) is -0.342. The van der Waals surface area contributed by atoms with E-state index in [-0.39, 0.29) is 18.7 Å². The maximum Gasteiger partial charge on any atom is 0.389 e. The molecule has 2 N–H and O–H groups in total. The monoisotopic (exact) mass is 277 g/mol. The summed E-state index contributed by atoms with van der Waals surface area (Å²) in [6.07, 6.45) is -4.67. The zero-order chi connectivity index (χ0) is 14.7. The fraction of sp³-hybridized carbons (Fsp3) is 0.571. The van der Waals surface area contributed by atoms with E-state index in [1.165, 1.54) is 12.1 Å². The first kappa shape index (κ1) is 16.0. The highest BCUT2D eigenvalue weighted by Crippen LogP contribution is 2.30. The molecule has 19 heavy (non-hydrogen) atoms. The highest BCUT2D eigenvalue weighted by atomic mass is 19.4. The summed E-state index contributed by atoms with van der Waals surface area (Å²) in [6.45, 7) is 3.72. The molecule has 0 saturated carbocycles. The SMILES string of the molecule is CC(C)(c1ccc(F)cc1)C(N)CCCC(F)(F)F. The molecule has 1 atom stereocenters. The summed E-state index contributed by atoms with van der Waals surface area (Å²) in [5.41, 5.74) is 6.33. The normalized spacial score (nSPS) is 14.5. The molecular weight excluding hydrogens is 258 g/mol. The maximum absolute atomic E-state index is 12.9. The zero-order valence-electron chi connectivity index (χ0n) is 11.1. The topological polar surface area (TPSA) is 26.0 Å². The minimum atomic E-state index is -4.14. The lowest BCUT2D eigenvalue weighted by atomic mass is 9.76. The van der Waals surface area contributed by atoms with Crippen LogP contribution in [-0.4, -0.2) is 12.2 Å². The van der Waals surface area contributed by atoms with Gasteiger partial charge >= 0.3 is 6.18 Å². The van der Waals surface area contributed by atoms with E-state index in [0.29, 0.717) is 0 Å². The molecule has 0 bridgehead atoms. The molecule has 5 heteroatoms. The molecule has 108 valence electrons. The van der Waals surface area contributed by atoms with Crippen LogP contribution in [0.5, 0.6) is 0 Å². The molecule has 1 unspecified atom stereocenters. The van der Waals surface area contributed by atoms with Crippen LogP contribution in [-0.2, 0) is 5.41 Å². The van der Waals surface area contributed by atoms with Crippen molar-refractivity contribution in [3.63, 3.8) is 0 Å². The second kappa shape index (κ2) is 5.90. The lowest BCUT2D eigenvalue weighted by Crippen LogP contribution is -2.41. The Morgan fingerprint density at radius 2 is 1.63 bits per heavy atom. The van der Waals surface area contributed by atoms with Crippen molar-refractivity contribution in [3.05, 3.63) is 35.6 Å². The van der Waals surface area contributed by atoms with Gasteiger partial charge in [-0.2, -0.15) is 13.2 Å². The fourth-order valence-electron chi connectivity index (χ4n) is 1.98. The van der Waals surface area contributed by atoms with Gasteiger partial charge in [0.05, 0.1) is 0 Å². The van der Waals surface area contributed by atoms with E-state index in [4.69, 9.17) is 5.73 Å². The molecule has 0 saturated heterocycles. The van der Waals surface area contributed by atoms with Crippen molar-refractivity contribution in [2.24, 2.45) is 5.73 Å². The highest BCUT2D eigenvalue weighted by molar-refractivity contribution is 5.26. The molecule has 1 nitrogen and oxygen atoms in total. The molecule has 1 aromatic carbocycles. The molecule has 0 aliphatic heterocycles. The van der Waals surface area contributed by atoms with Gasteiger partial charge < -0.3 is 5.73 Å². The highest BCUT2D eigenvalue weighted by Gasteiger charge is 2.31. The van der Waals surface area contributed by atoms with Gasteiger partial charge in [-0.15, -0.1) is 0 Å². The molecular formula is C14H19F4N. The smallest absolute Gasteiger partial charge is 0.327 e. The van der Waals surface area contributed by atoms with Gasteiger partial charge in [-0.05, 0) is 30.5 Å². The molecule has 1 rings (SSSR count). The van der Waals surface area contributed by atoms with Crippen LogP contribution in [0.15, 0.2) is 24.3 Å². The predicted molar refractivity (Wildman–Crippen MR) is 67.3 cm³/mol. The van der Waals surface area contributed by atoms with Crippen molar-refractivity contribution >= 4 is 0 Å². The van der Waals surface area contributed by atoms with Crippen LogP contribution < -0.4 is 5.73 Å². The summed E-state index contributed by atoms with van der Waals surface area (Å²) in [7, 11) is 0. The average Bonchev–Trinajstić information content (AvgIpc) is 2.27. The third-order valence-corrected chi connectivity index (χ3v) is 3.49. The molecule has 0 aliphatic carbocycles. The Morgan fingerprint density at radius 1 is 1.11 bits per heavy atom. The number of halogens is 4. The molecule has 0 radical (unpaired) electrons. The van der Waals surface area contributed by atoms with E-state index in [2.05, 4.69) is 0 Å². The minimum absolute atomic E-state index is 0.00922. The second-order valence-corrected chi connectivity index (χ2v) is 5.34. The van der Waals surface area contributed by atoms with Gasteiger partial charge in [0.2, 0.25) is 0 Å². The lowest BCUT2D eigenvalue weighted by molar-refractivity contribution is -0.135. The van der Waals surface area contributed by atoms with Crippen LogP contribution in [0.2, 0.25) is 0 Å². The number of hydrogen-bond acceptors (Lipinski definition) is 1. The number of rotatable bonds is 5. The quantitative estimate of drug-likeness (QED) is 0.803. The first-order chi connectivity index (χ1) is 8.63. The third-order valence-electron chi connectivity index (χ3n) is 3.49. The fourth-order valence-corrected chi connectivity index (χ4v) is 1.98. The molecule has 0 spiro atoms. The van der Waals surface area contributed by atoms with Crippen LogP contribution >= 0.6 is 0 Å². The first-order valence-corrected chi connectivity index (χ1v) is 6.21. The van der Waals surface area contributed by atoms with Crippen LogP contribution in [0.25, 0.3) is 0 Å². The molecule has 0 heterocycles. The Balaban J connectivity index is 2.63. The molecule has 0 fully saturated rings. The van der Waals surface area contributed by atoms with Crippen molar-refractivity contribution in [1.29, 1.82) is 0 Å². The second-order valence-electron chi connectivity index (χ2n) is 5.34. The average molecular weight is 277 g/mol. The van der Waals surface area contributed by atoms with Crippen LogP contribution in [0, 0.1) is 5.82 Å². The van der Waals surface area contributed by atoms with Gasteiger partial charge in [0.25, 0.3) is 0 Å². The Kier molecular flexibility index (Phi) is 4.96. The van der Waals surface area contributed by atoms with Crippen molar-refractivity contribution in [2.75, 3.05) is 0 Å². The van der Waals surface area contributed by atoms with Crippen molar-refractivity contribution in [3.8, 4) is 0 Å². The number of nitrogens with two attached hydrogens (primary N) is 1. The summed E-state index contributed by atoms with van der Waals surface area (Å²) >= 11 is 0. The molecule has 0 amide bonds. The summed E-state index contributed by atoms with van der Waals surface area (Å²) < 4.78 is 49.1. The molecule has 1 aromatic rings. The Hall–Kier alpha value is -1.10. The van der Waals surface area contributed by atoms with E-state index >= 15 is 0 Å². The van der Waals surface area contributed by atoms with Crippen molar-refractivity contribution in [1.82, 2.24) is 0 Å². The van der Waals surface area contributed by atoms with Crippen molar-refractivity contribution in [2.45, 2.75) is 50.7 Å². The minimum Gasteiger partial charge on any atom is -0.327 e. The van der Waals surface area contributed by atoms with Gasteiger partial charge in [-0.3, -0.25) is 0 Å². The Bertz CT molecular complexity index is 395. The third kappa shape index (κ3) is 4.82. The lowest BCUT2D eigenvalue weighted by Gasteiger charge is -2.32. The summed E-state index contributed by atoms with van der Waals surface area (Å²) in [6, 6.07) is 5.51. The molecule has 0 aromatic heterocycles. The van der Waals surface area contributed by atoms with Crippen LogP contribution in [0.3, 0.4) is 0 Å². The van der Waals surface area contributed by atoms with Gasteiger partial charge in [0.1, 0.15) is 5.82 Å². The summed E-state index contributed by atoms with van der Waals surface area (Å²) in [5, 5.41) is 0. The van der Waals surface area contributed by atoms with Crippen molar-refractivity contribution < 1.29 is 17.6 Å². The largest absolute Gasteiger partial charge is 0.389 e. The van der Waals surface area contributed by atoms with Crippen LogP contribution in [0.4, 0.5) is 17.6 Å². The number of benzene rings is 1. The van der Waals surface area contributed by atoms with Crippen LogP contribution in [0.1, 0.15) is 38.7 Å². The zero-order valence-corrected chi connectivity index (χ0v) is 11.1. The van der Waals surface area contributed by atoms with E-state index in [9.17, 15) is 17.6 Å². The van der Waals surface area contributed by atoms with Gasteiger partial charge in [-0.1, -0.05) is 26.0 Å². The molecule has 0 aliphatic rings. The Morgan fingerprint density at radius 3 is 2.11 bits per heavy atom. The van der Waals surface area contributed by atoms with Gasteiger partial charge in [-0.25, -0.2) is 4.39 Å². The number of hydrogen-bond donors (Lipinski definition) is 1. The van der Waals surface area contributed by atoms with Gasteiger partial charge in [0, 0.05) is 17.9 Å². The Labute approximate surface area is 110 Å². The first-order valence-electron chi connectivity index (χ1n) is 6.21.